The number of hydrogen-bond acceptors (Lipinski definition) is 8. The highest BCUT2D eigenvalue weighted by Gasteiger charge is 2.24. The Labute approximate surface area is 180 Å². The number of rotatable bonds is 5. The lowest BCUT2D eigenvalue weighted by Gasteiger charge is -2.19. The molecule has 156 valence electrons. The molecule has 0 saturated heterocycles. The summed E-state index contributed by atoms with van der Waals surface area (Å²) in [6.45, 7) is 1.38. The van der Waals surface area contributed by atoms with Crippen LogP contribution < -0.4 is 18.9 Å². The van der Waals surface area contributed by atoms with Crippen LogP contribution in [-0.2, 0) is 6.61 Å². The molecule has 9 heteroatoms. The molecule has 1 aliphatic heterocycles. The summed E-state index contributed by atoms with van der Waals surface area (Å²) >= 11 is 1.36. The summed E-state index contributed by atoms with van der Waals surface area (Å²) in [5.74, 6) is 2.46. The van der Waals surface area contributed by atoms with Gasteiger partial charge < -0.3 is 23.4 Å². The SMILES string of the molecule is COc1nn2cc(-c3cc4c(OCc5ccccc5)cc5c(c4o3)OCCO5)nc2s1. The monoisotopic (exact) mass is 435 g/mol. The second-order valence-electron chi connectivity index (χ2n) is 6.95. The Morgan fingerprint density at radius 2 is 2.00 bits per heavy atom. The van der Waals surface area contributed by atoms with Crippen molar-refractivity contribution in [2.45, 2.75) is 6.61 Å². The zero-order valence-corrected chi connectivity index (χ0v) is 17.3. The fourth-order valence-corrected chi connectivity index (χ4v) is 4.22. The first-order valence-corrected chi connectivity index (χ1v) is 10.5. The van der Waals surface area contributed by atoms with Crippen LogP contribution in [0.1, 0.15) is 5.56 Å². The Hall–Kier alpha value is -3.72. The molecular weight excluding hydrogens is 418 g/mol. The van der Waals surface area contributed by atoms with E-state index in [0.29, 0.717) is 59.3 Å². The minimum Gasteiger partial charge on any atom is -0.488 e. The van der Waals surface area contributed by atoms with Gasteiger partial charge in [0.15, 0.2) is 17.1 Å². The molecule has 0 bridgehead atoms. The van der Waals surface area contributed by atoms with Gasteiger partial charge in [0, 0.05) is 6.07 Å². The first-order valence-electron chi connectivity index (χ1n) is 9.72. The van der Waals surface area contributed by atoms with Crippen LogP contribution in [0, 0.1) is 0 Å². The zero-order valence-electron chi connectivity index (χ0n) is 16.5. The molecule has 2 aromatic carbocycles. The highest BCUT2D eigenvalue weighted by Crippen LogP contribution is 2.46. The molecule has 5 aromatic rings. The number of nitrogens with zero attached hydrogens (tertiary/aromatic N) is 3. The number of hydrogen-bond donors (Lipinski definition) is 0. The smallest absolute Gasteiger partial charge is 0.294 e. The van der Waals surface area contributed by atoms with Gasteiger partial charge in [0.05, 0.1) is 18.7 Å². The average molecular weight is 435 g/mol. The molecule has 0 N–H and O–H groups in total. The summed E-state index contributed by atoms with van der Waals surface area (Å²) in [6, 6.07) is 13.8. The standard InChI is InChI=1S/C22H17N3O5S/c1-26-22-24-25-11-15(23-21(25)31-22)17-9-14-16(29-12-13-5-3-2-4-6-13)10-18-20(19(14)30-17)28-8-7-27-18/h2-6,9-11H,7-8,12H2,1H3. The van der Waals surface area contributed by atoms with E-state index in [2.05, 4.69) is 10.1 Å². The topological polar surface area (TPSA) is 80.3 Å². The molecule has 0 saturated carbocycles. The summed E-state index contributed by atoms with van der Waals surface area (Å²) in [7, 11) is 1.58. The zero-order chi connectivity index (χ0) is 20.8. The molecule has 3 aromatic heterocycles. The second-order valence-corrected chi connectivity index (χ2v) is 7.87. The number of methoxy groups -OCH3 is 1. The number of benzene rings is 2. The fraction of sp³-hybridized carbons (Fsp3) is 0.182. The van der Waals surface area contributed by atoms with E-state index in [-0.39, 0.29) is 0 Å². The minimum atomic E-state index is 0.431. The van der Waals surface area contributed by atoms with Gasteiger partial charge in [0.2, 0.25) is 10.7 Å². The normalized spacial score (nSPS) is 13.1. The maximum atomic E-state index is 6.19. The van der Waals surface area contributed by atoms with Gasteiger partial charge >= 0.3 is 0 Å². The van der Waals surface area contributed by atoms with E-state index in [0.717, 1.165) is 15.9 Å². The third kappa shape index (κ3) is 3.14. The van der Waals surface area contributed by atoms with Gasteiger partial charge in [0.25, 0.3) is 5.19 Å². The summed E-state index contributed by atoms with van der Waals surface area (Å²) < 4.78 is 30.8. The van der Waals surface area contributed by atoms with Crippen molar-refractivity contribution >= 4 is 27.3 Å². The van der Waals surface area contributed by atoms with E-state index in [1.54, 1.807) is 17.8 Å². The van der Waals surface area contributed by atoms with E-state index in [1.807, 2.05) is 42.5 Å². The largest absolute Gasteiger partial charge is 0.488 e. The van der Waals surface area contributed by atoms with Gasteiger partial charge in [-0.1, -0.05) is 30.3 Å². The lowest BCUT2D eigenvalue weighted by Crippen LogP contribution is -2.15. The Morgan fingerprint density at radius 1 is 1.13 bits per heavy atom. The summed E-state index contributed by atoms with van der Waals surface area (Å²) in [6.07, 6.45) is 1.81. The second kappa shape index (κ2) is 7.21. The average Bonchev–Trinajstić information content (AvgIpc) is 3.51. The quantitative estimate of drug-likeness (QED) is 0.400. The summed E-state index contributed by atoms with van der Waals surface area (Å²) in [4.78, 5) is 5.33. The minimum absolute atomic E-state index is 0.431. The highest BCUT2D eigenvalue weighted by atomic mass is 32.1. The predicted molar refractivity (Wildman–Crippen MR) is 114 cm³/mol. The van der Waals surface area contributed by atoms with Crippen LogP contribution in [0.3, 0.4) is 0 Å². The molecule has 8 nitrogen and oxygen atoms in total. The van der Waals surface area contributed by atoms with Crippen molar-refractivity contribution in [3.05, 3.63) is 54.2 Å². The van der Waals surface area contributed by atoms with Crippen LogP contribution in [0.15, 0.2) is 53.1 Å². The first kappa shape index (κ1) is 18.1. The van der Waals surface area contributed by atoms with Crippen molar-refractivity contribution in [2.75, 3.05) is 20.3 Å². The van der Waals surface area contributed by atoms with Gasteiger partial charge in [-0.15, -0.1) is 5.10 Å². The molecule has 0 aliphatic carbocycles. The molecule has 0 radical (unpaired) electrons. The van der Waals surface area contributed by atoms with E-state index in [9.17, 15) is 0 Å². The van der Waals surface area contributed by atoms with Gasteiger partial charge in [-0.3, -0.25) is 0 Å². The summed E-state index contributed by atoms with van der Waals surface area (Å²) in [5.41, 5.74) is 2.32. The van der Waals surface area contributed by atoms with E-state index < -0.39 is 0 Å². The van der Waals surface area contributed by atoms with Crippen LogP contribution in [0.4, 0.5) is 0 Å². The maximum absolute atomic E-state index is 6.19. The molecule has 0 fully saturated rings. The molecule has 6 rings (SSSR count). The lowest BCUT2D eigenvalue weighted by molar-refractivity contribution is 0.171. The van der Waals surface area contributed by atoms with Crippen molar-refractivity contribution in [2.24, 2.45) is 0 Å². The Kier molecular flexibility index (Phi) is 4.20. The number of ether oxygens (including phenoxy) is 4. The Morgan fingerprint density at radius 3 is 2.84 bits per heavy atom. The van der Waals surface area contributed by atoms with Gasteiger partial charge in [-0.05, 0) is 23.0 Å². The molecule has 0 atom stereocenters. The molecule has 0 spiro atoms. The van der Waals surface area contributed by atoms with Crippen LogP contribution in [0.25, 0.3) is 27.4 Å². The number of fused-ring (bicyclic) bond motifs is 4. The van der Waals surface area contributed by atoms with Gasteiger partial charge in [0.1, 0.15) is 31.3 Å². The van der Waals surface area contributed by atoms with Gasteiger partial charge in [-0.2, -0.15) is 0 Å². The van der Waals surface area contributed by atoms with E-state index in [4.69, 9.17) is 23.4 Å². The Bertz CT molecular complexity index is 1360. The third-order valence-electron chi connectivity index (χ3n) is 4.97. The van der Waals surface area contributed by atoms with Crippen LogP contribution in [0.5, 0.6) is 22.4 Å². The van der Waals surface area contributed by atoms with Crippen molar-refractivity contribution < 1.29 is 23.4 Å². The van der Waals surface area contributed by atoms with Crippen LogP contribution in [-0.4, -0.2) is 34.9 Å². The van der Waals surface area contributed by atoms with E-state index >= 15 is 0 Å². The Balaban J connectivity index is 1.43. The summed E-state index contributed by atoms with van der Waals surface area (Å²) in [5, 5.41) is 5.68. The fourth-order valence-electron chi connectivity index (χ4n) is 3.52. The van der Waals surface area contributed by atoms with Crippen LogP contribution in [0.2, 0.25) is 0 Å². The molecular formula is C22H17N3O5S. The lowest BCUT2D eigenvalue weighted by atomic mass is 10.2. The number of furan rings is 1. The maximum Gasteiger partial charge on any atom is 0.294 e. The molecule has 1 aliphatic rings. The van der Waals surface area contributed by atoms with Crippen molar-refractivity contribution in [1.29, 1.82) is 0 Å². The molecule has 4 heterocycles. The third-order valence-corrected chi connectivity index (χ3v) is 5.85. The molecule has 0 unspecified atom stereocenters. The number of aromatic nitrogens is 3. The predicted octanol–water partition coefficient (Wildman–Crippen LogP) is 4.56. The van der Waals surface area contributed by atoms with Crippen LogP contribution >= 0.6 is 11.3 Å². The van der Waals surface area contributed by atoms with Crippen molar-refractivity contribution in [3.8, 4) is 33.9 Å². The van der Waals surface area contributed by atoms with E-state index in [1.165, 1.54) is 11.3 Å². The number of imidazole rings is 1. The molecule has 31 heavy (non-hydrogen) atoms. The van der Waals surface area contributed by atoms with Crippen molar-refractivity contribution in [1.82, 2.24) is 14.6 Å². The van der Waals surface area contributed by atoms with Crippen molar-refractivity contribution in [3.63, 3.8) is 0 Å². The van der Waals surface area contributed by atoms with Gasteiger partial charge in [-0.25, -0.2) is 9.50 Å². The first-order chi connectivity index (χ1) is 15.3. The molecule has 0 amide bonds. The highest BCUT2D eigenvalue weighted by molar-refractivity contribution is 7.18.